The second-order valence-corrected chi connectivity index (χ2v) is 13.4. The van der Waals surface area contributed by atoms with Crippen LogP contribution in [0.25, 0.3) is 11.1 Å². The van der Waals surface area contributed by atoms with Crippen LogP contribution < -0.4 is 14.2 Å². The largest absolute Gasteiger partial charge is 0.508 e. The first kappa shape index (κ1) is 39.3. The van der Waals surface area contributed by atoms with Crippen molar-refractivity contribution in [1.29, 1.82) is 0 Å². The molecular weight excluding hydrogens is 737 g/mol. The molecule has 290 valence electrons. The van der Waals surface area contributed by atoms with E-state index in [-0.39, 0.29) is 17.9 Å². The number of aromatic hydroxyl groups is 2. The number of fused-ring (bicyclic) bond motifs is 5. The Bertz CT molecular complexity index is 2470. The Kier molecular flexibility index (Phi) is 12.9. The number of hydrogen-bond acceptors (Lipinski definition) is 7. The fourth-order valence-corrected chi connectivity index (χ4v) is 6.76. The van der Waals surface area contributed by atoms with E-state index in [9.17, 15) is 9.59 Å². The van der Waals surface area contributed by atoms with Crippen LogP contribution in [0.4, 0.5) is 0 Å². The summed E-state index contributed by atoms with van der Waals surface area (Å²) in [4.78, 5) is 25.5. The summed E-state index contributed by atoms with van der Waals surface area (Å²) in [6, 6.07) is 67.0. The zero-order valence-corrected chi connectivity index (χ0v) is 31.9. The summed E-state index contributed by atoms with van der Waals surface area (Å²) in [6.07, 6.45) is 0. The number of phenols is 2. The second-order valence-electron chi connectivity index (χ2n) is 13.4. The van der Waals surface area contributed by atoms with Crippen molar-refractivity contribution in [3.8, 4) is 45.6 Å². The molecule has 8 aromatic rings. The molecule has 1 aliphatic heterocycles. The van der Waals surface area contributed by atoms with E-state index in [1.54, 1.807) is 72.8 Å². The summed E-state index contributed by atoms with van der Waals surface area (Å²) in [5, 5.41) is 17.3. The third-order valence-corrected chi connectivity index (χ3v) is 9.42. The number of benzene rings is 8. The minimum Gasteiger partial charge on any atom is -0.508 e. The number of esters is 2. The Morgan fingerprint density at radius 3 is 1.00 bits per heavy atom. The highest BCUT2D eigenvalue weighted by Crippen LogP contribution is 2.46. The molecule has 0 saturated heterocycles. The standard InChI is InChI=1S/C20H14O3.C20H14O2.2C6H6O/c21-20(22-14-8-2-1-3-9-14)19-15-10-4-6-12-17(15)23-18-13-7-5-11-16(18)19;21-20(22-14-8-2-1-3-9-14)19-17-12-6-4-10-15(17)16-11-5-7-13-18(16)19;2*7-6-4-2-1-3-5-6/h1-13,19H;1-13,19H;2*1-5,7H. The summed E-state index contributed by atoms with van der Waals surface area (Å²) < 4.78 is 17.0. The molecule has 0 atom stereocenters. The molecule has 7 heteroatoms. The van der Waals surface area contributed by atoms with Gasteiger partial charge in [-0.2, -0.15) is 0 Å². The maximum atomic E-state index is 12.8. The van der Waals surface area contributed by atoms with Crippen LogP contribution in [0.1, 0.15) is 34.1 Å². The van der Waals surface area contributed by atoms with Gasteiger partial charge in [-0.05, 0) is 82.9 Å². The lowest BCUT2D eigenvalue weighted by molar-refractivity contribution is -0.136. The van der Waals surface area contributed by atoms with Gasteiger partial charge in [-0.3, -0.25) is 9.59 Å². The molecule has 0 unspecified atom stereocenters. The van der Waals surface area contributed by atoms with Crippen LogP contribution in [0.2, 0.25) is 0 Å². The number of carbonyl (C=O) groups excluding carboxylic acids is 2. The Balaban J connectivity index is 0.000000135. The molecular formula is C52H40O7. The number of hydrogen-bond donors (Lipinski definition) is 2. The number of rotatable bonds is 4. The minimum absolute atomic E-state index is 0.233. The van der Waals surface area contributed by atoms with E-state index in [4.69, 9.17) is 24.4 Å². The molecule has 0 saturated carbocycles. The number of ether oxygens (including phenoxy) is 3. The first-order valence-corrected chi connectivity index (χ1v) is 19.0. The highest BCUT2D eigenvalue weighted by Gasteiger charge is 2.35. The highest BCUT2D eigenvalue weighted by atomic mass is 16.5. The lowest BCUT2D eigenvalue weighted by atomic mass is 9.88. The van der Waals surface area contributed by atoms with Crippen LogP contribution in [0.3, 0.4) is 0 Å². The first-order chi connectivity index (χ1) is 29.0. The lowest BCUT2D eigenvalue weighted by Gasteiger charge is -2.26. The topological polar surface area (TPSA) is 102 Å². The maximum Gasteiger partial charge on any atom is 0.323 e. The number of carbonyl (C=O) groups is 2. The zero-order valence-electron chi connectivity index (χ0n) is 31.9. The first-order valence-electron chi connectivity index (χ1n) is 19.0. The second kappa shape index (κ2) is 19.3. The molecule has 0 aromatic heterocycles. The molecule has 10 rings (SSSR count). The van der Waals surface area contributed by atoms with E-state index in [2.05, 4.69) is 12.1 Å². The van der Waals surface area contributed by atoms with Crippen molar-refractivity contribution in [3.63, 3.8) is 0 Å². The van der Waals surface area contributed by atoms with Gasteiger partial charge in [0.2, 0.25) is 0 Å². The Hall–Kier alpha value is -7.90. The van der Waals surface area contributed by atoms with E-state index in [0.29, 0.717) is 34.5 Å². The zero-order chi connectivity index (χ0) is 40.8. The molecule has 0 spiro atoms. The molecule has 0 amide bonds. The van der Waals surface area contributed by atoms with Crippen molar-refractivity contribution in [2.75, 3.05) is 0 Å². The molecule has 1 heterocycles. The summed E-state index contributed by atoms with van der Waals surface area (Å²) in [6.45, 7) is 0. The van der Waals surface area contributed by atoms with Gasteiger partial charge in [-0.15, -0.1) is 0 Å². The van der Waals surface area contributed by atoms with Crippen molar-refractivity contribution < 1.29 is 34.0 Å². The average molecular weight is 777 g/mol. The van der Waals surface area contributed by atoms with E-state index in [0.717, 1.165) is 33.4 Å². The molecule has 7 nitrogen and oxygen atoms in total. The van der Waals surface area contributed by atoms with Gasteiger partial charge >= 0.3 is 11.9 Å². The molecule has 0 bridgehead atoms. The van der Waals surface area contributed by atoms with Gasteiger partial charge < -0.3 is 24.4 Å². The molecule has 2 aliphatic rings. The Morgan fingerprint density at radius 2 is 0.644 bits per heavy atom. The van der Waals surface area contributed by atoms with Crippen molar-refractivity contribution in [2.45, 2.75) is 11.8 Å². The molecule has 0 radical (unpaired) electrons. The fraction of sp³-hybridized carbons (Fsp3) is 0.0385. The van der Waals surface area contributed by atoms with Crippen LogP contribution >= 0.6 is 0 Å². The molecule has 0 fully saturated rings. The smallest absolute Gasteiger partial charge is 0.323 e. The van der Waals surface area contributed by atoms with Gasteiger partial charge in [-0.25, -0.2) is 0 Å². The van der Waals surface area contributed by atoms with Gasteiger partial charge in [0.15, 0.2) is 0 Å². The predicted octanol–water partition coefficient (Wildman–Crippen LogP) is 11.7. The van der Waals surface area contributed by atoms with Crippen LogP contribution in [0, 0.1) is 0 Å². The SMILES string of the molecule is O=C(Oc1ccccc1)C1c2ccccc2-c2ccccc21.O=C(Oc1ccccc1)C1c2ccccc2Oc2ccccc21.Oc1ccccc1.Oc1ccccc1. The van der Waals surface area contributed by atoms with Crippen molar-refractivity contribution in [3.05, 3.63) is 241 Å². The van der Waals surface area contributed by atoms with Crippen molar-refractivity contribution in [2.24, 2.45) is 0 Å². The van der Waals surface area contributed by atoms with Crippen molar-refractivity contribution >= 4 is 11.9 Å². The van der Waals surface area contributed by atoms with E-state index < -0.39 is 5.92 Å². The molecule has 1 aliphatic carbocycles. The van der Waals surface area contributed by atoms with Crippen LogP contribution in [0.15, 0.2) is 218 Å². The molecule has 59 heavy (non-hydrogen) atoms. The molecule has 2 N–H and O–H groups in total. The average Bonchev–Trinajstić information content (AvgIpc) is 3.62. The highest BCUT2D eigenvalue weighted by molar-refractivity contribution is 5.94. The monoisotopic (exact) mass is 776 g/mol. The molecule has 8 aromatic carbocycles. The number of para-hydroxylation sites is 6. The lowest BCUT2D eigenvalue weighted by Crippen LogP contribution is -2.23. The van der Waals surface area contributed by atoms with Crippen molar-refractivity contribution in [1.82, 2.24) is 0 Å². The van der Waals surface area contributed by atoms with Gasteiger partial charge in [0.05, 0.1) is 0 Å². The summed E-state index contributed by atoms with van der Waals surface area (Å²) in [5.41, 5.74) is 5.93. The summed E-state index contributed by atoms with van der Waals surface area (Å²) >= 11 is 0. The normalized spacial score (nSPS) is 11.7. The van der Waals surface area contributed by atoms with Gasteiger partial charge in [-0.1, -0.05) is 158 Å². The van der Waals surface area contributed by atoms with Crippen LogP contribution in [0.5, 0.6) is 34.5 Å². The number of phenolic OH excluding ortho intramolecular Hbond substituents is 2. The Labute approximate surface area is 343 Å². The van der Waals surface area contributed by atoms with E-state index in [1.165, 1.54) is 0 Å². The van der Waals surface area contributed by atoms with Gasteiger partial charge in [0.1, 0.15) is 46.3 Å². The summed E-state index contributed by atoms with van der Waals surface area (Å²) in [7, 11) is 0. The quantitative estimate of drug-likeness (QED) is 0.135. The maximum absolute atomic E-state index is 12.8. The summed E-state index contributed by atoms with van der Waals surface area (Å²) in [5.74, 6) is 1.77. The third kappa shape index (κ3) is 9.92. The minimum atomic E-state index is -0.489. The van der Waals surface area contributed by atoms with Crippen LogP contribution in [-0.2, 0) is 9.59 Å². The van der Waals surface area contributed by atoms with E-state index in [1.807, 2.05) is 133 Å². The van der Waals surface area contributed by atoms with Gasteiger partial charge in [0.25, 0.3) is 0 Å². The fourth-order valence-electron chi connectivity index (χ4n) is 6.76. The third-order valence-electron chi connectivity index (χ3n) is 9.42. The predicted molar refractivity (Wildman–Crippen MR) is 229 cm³/mol. The van der Waals surface area contributed by atoms with Crippen LogP contribution in [-0.4, -0.2) is 22.2 Å². The van der Waals surface area contributed by atoms with E-state index >= 15 is 0 Å². The Morgan fingerprint density at radius 1 is 0.356 bits per heavy atom. The van der Waals surface area contributed by atoms with Gasteiger partial charge in [0, 0.05) is 11.1 Å².